The zero-order valence-electron chi connectivity index (χ0n) is 29.6. The average molecular weight is 850 g/mol. The molecule has 0 amide bonds. The Morgan fingerprint density at radius 3 is 1.37 bits per heavy atom. The summed E-state index contributed by atoms with van der Waals surface area (Å²) in [7, 11) is 0. The normalized spacial score (nSPS) is 12.3. The van der Waals surface area contributed by atoms with Gasteiger partial charge in [0.2, 0.25) is 11.8 Å². The lowest BCUT2D eigenvalue weighted by atomic mass is 10.0. The van der Waals surface area contributed by atoms with Crippen molar-refractivity contribution in [3.63, 3.8) is 0 Å². The first-order valence-electron chi connectivity index (χ1n) is 16.9. The van der Waals surface area contributed by atoms with E-state index >= 15 is 0 Å². The molecule has 0 bridgehead atoms. The topological polar surface area (TPSA) is 241 Å². The van der Waals surface area contributed by atoms with Crippen molar-refractivity contribution in [1.29, 1.82) is 0 Å². The largest absolute Gasteiger partial charge is 0.505 e. The number of aliphatic hydroxyl groups excluding tert-OH is 2. The Labute approximate surface area is 346 Å². The third kappa shape index (κ3) is 8.31. The van der Waals surface area contributed by atoms with E-state index in [1.807, 2.05) is 0 Å². The number of aromatic hydroxyl groups is 2. The Bertz CT molecular complexity index is 3010. The fourth-order valence-electron chi connectivity index (χ4n) is 5.78. The minimum Gasteiger partial charge on any atom is -0.505 e. The number of phenols is 2. The number of aliphatic imine (C=N–C) groups is 2. The smallest absolute Gasteiger partial charge is 0.271 e. The molecule has 4 N–H and O–H groups in total. The SMILES string of the molecule is O=[N+]([O-])c1ccc(N=Nc2c(O)c(C(O)=Nc3ccc(N=C(O)c4cc5ccccc5c(N=Nc5ccc([N+](=O)[O-])cc5Cl)c4O)c(Cl)c3)cc3ccccc23)c(Cl)c1. The van der Waals surface area contributed by atoms with Crippen LogP contribution in [-0.4, -0.2) is 42.1 Å². The number of non-ortho nitro benzene ring substituents is 2. The van der Waals surface area contributed by atoms with E-state index in [0.717, 1.165) is 12.1 Å². The quantitative estimate of drug-likeness (QED) is 0.0338. The Morgan fingerprint density at radius 1 is 0.508 bits per heavy atom. The molecule has 0 aliphatic heterocycles. The van der Waals surface area contributed by atoms with Gasteiger partial charge in [-0.2, -0.15) is 0 Å². The number of nitro benzene ring substituents is 2. The lowest BCUT2D eigenvalue weighted by Gasteiger charge is -2.10. The second kappa shape index (κ2) is 16.5. The molecule has 0 saturated carbocycles. The molecule has 0 fully saturated rings. The van der Waals surface area contributed by atoms with Gasteiger partial charge in [0.25, 0.3) is 11.4 Å². The van der Waals surface area contributed by atoms with E-state index in [1.165, 1.54) is 54.6 Å². The monoisotopic (exact) mass is 848 g/mol. The third-order valence-electron chi connectivity index (χ3n) is 8.66. The van der Waals surface area contributed by atoms with Gasteiger partial charge >= 0.3 is 0 Å². The number of halogens is 3. The summed E-state index contributed by atoms with van der Waals surface area (Å²) in [5.41, 5.74) is -0.435. The van der Waals surface area contributed by atoms with Gasteiger partial charge < -0.3 is 20.4 Å². The Morgan fingerprint density at radius 2 is 0.932 bits per heavy atom. The van der Waals surface area contributed by atoms with Crippen molar-refractivity contribution in [1.82, 2.24) is 0 Å². The van der Waals surface area contributed by atoms with Crippen LogP contribution < -0.4 is 0 Å². The Kier molecular flexibility index (Phi) is 11.1. The van der Waals surface area contributed by atoms with Crippen molar-refractivity contribution in [3.05, 3.63) is 162 Å². The second-order valence-corrected chi connectivity index (χ2v) is 13.6. The summed E-state index contributed by atoms with van der Waals surface area (Å²) in [6, 6.07) is 28.1. The molecule has 0 heterocycles. The summed E-state index contributed by atoms with van der Waals surface area (Å²) in [5.74, 6) is -2.23. The number of aliphatic hydroxyl groups is 2. The zero-order chi connectivity index (χ0) is 42.0. The highest BCUT2D eigenvalue weighted by molar-refractivity contribution is 6.34. The minimum atomic E-state index is -0.642. The summed E-state index contributed by atoms with van der Waals surface area (Å²) < 4.78 is 0. The standard InChI is InChI=1S/C40H23Cl3N8O8/c41-29-17-22(44-39(54)27-15-20-5-1-3-7-25(20)35(37(27)52)48-46-33-13-10-23(50(56)57)18-30(33)42)9-12-32(29)45-40(55)28-16-21-6-2-4-8-26(21)36(38(28)53)49-47-34-14-11-24(51(58)59)19-31(34)43/h1-19,52-53H,(H,44,54)(H,45,55). The number of nitrogens with zero attached hydrogens (tertiary/aromatic N) is 8. The van der Waals surface area contributed by atoms with Crippen LogP contribution in [0.3, 0.4) is 0 Å². The number of hydrogen-bond donors (Lipinski definition) is 4. The predicted octanol–water partition coefficient (Wildman–Crippen LogP) is 13.3. The molecular weight excluding hydrogens is 827 g/mol. The van der Waals surface area contributed by atoms with Crippen molar-refractivity contribution in [2.24, 2.45) is 30.4 Å². The second-order valence-electron chi connectivity index (χ2n) is 12.4. The van der Waals surface area contributed by atoms with Crippen molar-refractivity contribution >= 4 is 114 Å². The molecule has 0 atom stereocenters. The summed E-state index contributed by atoms with van der Waals surface area (Å²) in [5, 5.41) is 85.6. The van der Waals surface area contributed by atoms with Crippen molar-refractivity contribution < 1.29 is 30.3 Å². The van der Waals surface area contributed by atoms with Crippen LogP contribution in [-0.2, 0) is 0 Å². The van der Waals surface area contributed by atoms with Gasteiger partial charge in [-0.25, -0.2) is 9.98 Å². The van der Waals surface area contributed by atoms with Gasteiger partial charge in [0.15, 0.2) is 11.5 Å². The highest BCUT2D eigenvalue weighted by Crippen LogP contribution is 2.43. The number of rotatable bonds is 10. The van der Waals surface area contributed by atoms with Gasteiger partial charge in [0.1, 0.15) is 22.7 Å². The lowest BCUT2D eigenvalue weighted by molar-refractivity contribution is -0.385. The first kappa shape index (κ1) is 39.7. The zero-order valence-corrected chi connectivity index (χ0v) is 31.9. The van der Waals surface area contributed by atoms with E-state index in [2.05, 4.69) is 30.4 Å². The fraction of sp³-hybridized carbons (Fsp3) is 0. The van der Waals surface area contributed by atoms with Gasteiger partial charge in [-0.3, -0.25) is 20.2 Å². The molecule has 0 spiro atoms. The van der Waals surface area contributed by atoms with Crippen LogP contribution in [0.25, 0.3) is 21.5 Å². The Balaban J connectivity index is 1.20. The van der Waals surface area contributed by atoms with Gasteiger partial charge in [0.05, 0.1) is 47.4 Å². The van der Waals surface area contributed by atoms with Crippen LogP contribution in [0.5, 0.6) is 11.5 Å². The van der Waals surface area contributed by atoms with Crippen LogP contribution in [0.2, 0.25) is 15.1 Å². The number of nitro groups is 2. The van der Waals surface area contributed by atoms with Crippen LogP contribution in [0.15, 0.2) is 146 Å². The van der Waals surface area contributed by atoms with Crippen LogP contribution in [0.4, 0.5) is 45.5 Å². The van der Waals surface area contributed by atoms with E-state index < -0.39 is 33.1 Å². The molecule has 0 saturated heterocycles. The summed E-state index contributed by atoms with van der Waals surface area (Å²) >= 11 is 18.9. The number of benzene rings is 7. The maximum atomic E-state index is 11.3. The van der Waals surface area contributed by atoms with Crippen LogP contribution >= 0.6 is 34.8 Å². The molecule has 0 unspecified atom stereocenters. The molecule has 16 nitrogen and oxygen atoms in total. The van der Waals surface area contributed by atoms with Crippen LogP contribution in [0.1, 0.15) is 11.1 Å². The van der Waals surface area contributed by atoms with Gasteiger partial charge in [0, 0.05) is 35.0 Å². The van der Waals surface area contributed by atoms with E-state index in [-0.39, 0.29) is 71.7 Å². The van der Waals surface area contributed by atoms with Gasteiger partial charge in [-0.05, 0) is 53.2 Å². The number of azo groups is 2. The fourth-order valence-corrected chi connectivity index (χ4v) is 6.42. The first-order chi connectivity index (χ1) is 28.3. The average Bonchev–Trinajstić information content (AvgIpc) is 3.21. The molecule has 0 aromatic heterocycles. The minimum absolute atomic E-state index is 0.0178. The summed E-state index contributed by atoms with van der Waals surface area (Å²) in [4.78, 5) is 29.4. The molecular formula is C40H23Cl3N8O8. The maximum absolute atomic E-state index is 11.3. The van der Waals surface area contributed by atoms with Gasteiger partial charge in [-0.15, -0.1) is 20.5 Å². The number of fused-ring (bicyclic) bond motifs is 2. The summed E-state index contributed by atoms with van der Waals surface area (Å²) in [6.07, 6.45) is 0. The molecule has 0 aliphatic carbocycles. The summed E-state index contributed by atoms with van der Waals surface area (Å²) in [6.45, 7) is 0. The Hall–Kier alpha value is -7.53. The maximum Gasteiger partial charge on any atom is 0.271 e. The molecule has 7 aromatic carbocycles. The van der Waals surface area contributed by atoms with Crippen molar-refractivity contribution in [3.8, 4) is 11.5 Å². The molecule has 0 aliphatic rings. The molecule has 0 radical (unpaired) electrons. The van der Waals surface area contributed by atoms with E-state index in [9.17, 15) is 40.7 Å². The van der Waals surface area contributed by atoms with Crippen molar-refractivity contribution in [2.75, 3.05) is 0 Å². The highest BCUT2D eigenvalue weighted by atomic mass is 35.5. The number of phenolic OH excluding ortho intramolecular Hbond substituents is 2. The molecule has 7 aromatic rings. The van der Waals surface area contributed by atoms with E-state index in [1.54, 1.807) is 48.5 Å². The molecule has 19 heteroatoms. The van der Waals surface area contributed by atoms with Crippen LogP contribution in [0, 0.1) is 20.2 Å². The highest BCUT2D eigenvalue weighted by Gasteiger charge is 2.20. The van der Waals surface area contributed by atoms with Crippen molar-refractivity contribution in [2.45, 2.75) is 0 Å². The predicted molar refractivity (Wildman–Crippen MR) is 225 cm³/mol. The molecule has 7 rings (SSSR count). The molecule has 292 valence electrons. The molecule has 59 heavy (non-hydrogen) atoms. The van der Waals surface area contributed by atoms with E-state index in [4.69, 9.17) is 34.8 Å². The third-order valence-corrected chi connectivity index (χ3v) is 9.57. The lowest BCUT2D eigenvalue weighted by Crippen LogP contribution is -2.00. The van der Waals surface area contributed by atoms with Gasteiger partial charge in [-0.1, -0.05) is 83.3 Å². The first-order valence-corrected chi connectivity index (χ1v) is 18.0. The number of hydrogen-bond acceptors (Lipinski definition) is 12. The van der Waals surface area contributed by atoms with E-state index in [0.29, 0.717) is 21.5 Å².